The van der Waals surface area contributed by atoms with Crippen LogP contribution in [0.15, 0.2) is 52.9 Å². The molecule has 1 saturated heterocycles. The van der Waals surface area contributed by atoms with Crippen LogP contribution < -0.4 is 4.90 Å². The summed E-state index contributed by atoms with van der Waals surface area (Å²) in [7, 11) is 3.96. The maximum Gasteiger partial charge on any atom is 0.416 e. The van der Waals surface area contributed by atoms with Crippen LogP contribution >= 0.6 is 0 Å². The minimum Gasteiger partial charge on any atom is -0.420 e. The van der Waals surface area contributed by atoms with E-state index in [0.29, 0.717) is 18.3 Å². The summed E-state index contributed by atoms with van der Waals surface area (Å²) < 4.78 is 44.0. The molecule has 5 nitrogen and oxygen atoms in total. The van der Waals surface area contributed by atoms with Gasteiger partial charge in [0, 0.05) is 38.4 Å². The van der Waals surface area contributed by atoms with Crippen molar-refractivity contribution in [2.45, 2.75) is 25.1 Å². The highest BCUT2D eigenvalue weighted by Crippen LogP contribution is 2.31. The van der Waals surface area contributed by atoms with E-state index in [1.165, 1.54) is 0 Å². The third kappa shape index (κ3) is 4.48. The van der Waals surface area contributed by atoms with Gasteiger partial charge in [0.2, 0.25) is 11.8 Å². The van der Waals surface area contributed by atoms with Crippen LogP contribution in [0.5, 0.6) is 0 Å². The molecule has 0 spiro atoms. The van der Waals surface area contributed by atoms with Crippen molar-refractivity contribution in [2.24, 2.45) is 0 Å². The first kappa shape index (κ1) is 20.4. The first-order valence-electron chi connectivity index (χ1n) is 9.79. The maximum atomic E-state index is 12.7. The Morgan fingerprint density at radius 1 is 1.03 bits per heavy atom. The molecule has 4 rings (SSSR count). The monoisotopic (exact) mass is 416 g/mol. The SMILES string of the molecule is CN(C)c1ccc(-c2nnc([C@H]3CCN(Cc4ccc(C(F)(F)F)cc4)C3)o2)cc1. The molecule has 0 amide bonds. The van der Waals surface area contributed by atoms with E-state index in [0.717, 1.165) is 48.5 Å². The maximum absolute atomic E-state index is 12.7. The lowest BCUT2D eigenvalue weighted by Crippen LogP contribution is -2.20. The van der Waals surface area contributed by atoms with Gasteiger partial charge in [-0.1, -0.05) is 12.1 Å². The molecule has 1 atom stereocenters. The second-order valence-corrected chi connectivity index (χ2v) is 7.80. The van der Waals surface area contributed by atoms with E-state index >= 15 is 0 Å². The molecule has 0 saturated carbocycles. The molecule has 1 fully saturated rings. The molecule has 8 heteroatoms. The number of hydrogen-bond donors (Lipinski definition) is 0. The predicted molar refractivity (Wildman–Crippen MR) is 108 cm³/mol. The van der Waals surface area contributed by atoms with Gasteiger partial charge in [-0.05, 0) is 54.9 Å². The Kier molecular flexibility index (Phi) is 5.51. The molecular weight excluding hydrogens is 393 g/mol. The molecule has 2 heterocycles. The highest BCUT2D eigenvalue weighted by Gasteiger charge is 2.31. The van der Waals surface area contributed by atoms with E-state index in [9.17, 15) is 13.2 Å². The highest BCUT2D eigenvalue weighted by atomic mass is 19.4. The van der Waals surface area contributed by atoms with Crippen molar-refractivity contribution in [2.75, 3.05) is 32.1 Å². The van der Waals surface area contributed by atoms with Crippen molar-refractivity contribution < 1.29 is 17.6 Å². The zero-order valence-electron chi connectivity index (χ0n) is 16.9. The molecule has 1 aliphatic rings. The van der Waals surface area contributed by atoms with Crippen molar-refractivity contribution >= 4 is 5.69 Å². The van der Waals surface area contributed by atoms with Crippen LogP contribution in [0, 0.1) is 0 Å². The average Bonchev–Trinajstić information content (AvgIpc) is 3.37. The Balaban J connectivity index is 1.38. The molecule has 2 aromatic carbocycles. The molecule has 1 aliphatic heterocycles. The molecule has 1 aromatic heterocycles. The van der Waals surface area contributed by atoms with Gasteiger partial charge in [0.15, 0.2) is 0 Å². The Morgan fingerprint density at radius 2 is 1.73 bits per heavy atom. The summed E-state index contributed by atoms with van der Waals surface area (Å²) in [5.41, 5.74) is 2.20. The number of likely N-dealkylation sites (tertiary alicyclic amines) is 1. The van der Waals surface area contributed by atoms with Crippen molar-refractivity contribution in [3.8, 4) is 11.5 Å². The number of benzene rings is 2. The van der Waals surface area contributed by atoms with Crippen molar-refractivity contribution in [3.05, 3.63) is 65.5 Å². The topological polar surface area (TPSA) is 45.4 Å². The standard InChI is InChI=1S/C22H23F3N4O/c1-28(2)19-9-5-16(6-10-19)20-26-27-21(30-20)17-11-12-29(14-17)13-15-3-7-18(8-4-15)22(23,24)25/h3-10,17H,11-14H2,1-2H3/t17-/m0/s1. The molecule has 0 radical (unpaired) electrons. The van der Waals surface area contributed by atoms with Gasteiger partial charge in [-0.25, -0.2) is 0 Å². The summed E-state index contributed by atoms with van der Waals surface area (Å²) in [6, 6.07) is 13.3. The summed E-state index contributed by atoms with van der Waals surface area (Å²) >= 11 is 0. The fraction of sp³-hybridized carbons (Fsp3) is 0.364. The Labute approximate surface area is 173 Å². The van der Waals surface area contributed by atoms with E-state index in [2.05, 4.69) is 15.1 Å². The number of aromatic nitrogens is 2. The second kappa shape index (κ2) is 8.10. The zero-order valence-corrected chi connectivity index (χ0v) is 16.9. The second-order valence-electron chi connectivity index (χ2n) is 7.80. The summed E-state index contributed by atoms with van der Waals surface area (Å²) in [4.78, 5) is 4.22. The lowest BCUT2D eigenvalue weighted by atomic mass is 10.1. The van der Waals surface area contributed by atoms with Crippen molar-refractivity contribution in [1.29, 1.82) is 0 Å². The lowest BCUT2D eigenvalue weighted by Gasteiger charge is -2.16. The Bertz CT molecular complexity index is 981. The van der Waals surface area contributed by atoms with Gasteiger partial charge < -0.3 is 9.32 Å². The smallest absolute Gasteiger partial charge is 0.416 e. The molecular formula is C22H23F3N4O. The van der Waals surface area contributed by atoms with Crippen LogP contribution in [0.3, 0.4) is 0 Å². The van der Waals surface area contributed by atoms with Crippen LogP contribution in [0.2, 0.25) is 0 Å². The largest absolute Gasteiger partial charge is 0.420 e. The van der Waals surface area contributed by atoms with E-state index in [4.69, 9.17) is 4.42 Å². The van der Waals surface area contributed by atoms with Gasteiger partial charge in [0.05, 0.1) is 11.5 Å². The predicted octanol–water partition coefficient (Wildman–Crippen LogP) is 4.81. The van der Waals surface area contributed by atoms with Crippen LogP contribution in [0.4, 0.5) is 18.9 Å². The summed E-state index contributed by atoms with van der Waals surface area (Å²) in [6.45, 7) is 2.17. The molecule has 3 aromatic rings. The third-order valence-electron chi connectivity index (χ3n) is 5.38. The molecule has 0 bridgehead atoms. The van der Waals surface area contributed by atoms with Crippen LogP contribution in [0.1, 0.15) is 29.4 Å². The van der Waals surface area contributed by atoms with Crippen LogP contribution in [-0.2, 0) is 12.7 Å². The molecule has 30 heavy (non-hydrogen) atoms. The first-order valence-corrected chi connectivity index (χ1v) is 9.79. The lowest BCUT2D eigenvalue weighted by molar-refractivity contribution is -0.137. The number of nitrogens with zero attached hydrogens (tertiary/aromatic N) is 4. The quantitative estimate of drug-likeness (QED) is 0.597. The summed E-state index contributed by atoms with van der Waals surface area (Å²) in [5.74, 6) is 1.23. The first-order chi connectivity index (χ1) is 14.3. The molecule has 158 valence electrons. The van der Waals surface area contributed by atoms with Crippen LogP contribution in [0.25, 0.3) is 11.5 Å². The van der Waals surface area contributed by atoms with Gasteiger partial charge in [-0.3, -0.25) is 4.90 Å². The average molecular weight is 416 g/mol. The van der Waals surface area contributed by atoms with Crippen molar-refractivity contribution in [1.82, 2.24) is 15.1 Å². The fourth-order valence-electron chi connectivity index (χ4n) is 3.65. The third-order valence-corrected chi connectivity index (χ3v) is 5.38. The summed E-state index contributed by atoms with van der Waals surface area (Å²) in [6.07, 6.45) is -3.43. The minimum atomic E-state index is -4.31. The zero-order chi connectivity index (χ0) is 21.3. The van der Waals surface area contributed by atoms with E-state index < -0.39 is 11.7 Å². The normalized spacial score (nSPS) is 17.4. The van der Waals surface area contributed by atoms with Gasteiger partial charge in [0.25, 0.3) is 0 Å². The number of anilines is 1. The number of halogens is 3. The van der Waals surface area contributed by atoms with Gasteiger partial charge in [-0.2, -0.15) is 13.2 Å². The number of hydrogen-bond acceptors (Lipinski definition) is 5. The number of alkyl halides is 3. The molecule has 0 unspecified atom stereocenters. The van der Waals surface area contributed by atoms with E-state index in [1.54, 1.807) is 12.1 Å². The minimum absolute atomic E-state index is 0.127. The molecule has 0 N–H and O–H groups in total. The van der Waals surface area contributed by atoms with Crippen molar-refractivity contribution in [3.63, 3.8) is 0 Å². The van der Waals surface area contributed by atoms with Gasteiger partial charge in [0.1, 0.15) is 0 Å². The van der Waals surface area contributed by atoms with Gasteiger partial charge in [-0.15, -0.1) is 10.2 Å². The van der Waals surface area contributed by atoms with Gasteiger partial charge >= 0.3 is 6.18 Å². The summed E-state index contributed by atoms with van der Waals surface area (Å²) in [5, 5.41) is 8.43. The Morgan fingerprint density at radius 3 is 2.37 bits per heavy atom. The van der Waals surface area contributed by atoms with E-state index in [-0.39, 0.29) is 5.92 Å². The van der Waals surface area contributed by atoms with Crippen LogP contribution in [-0.4, -0.2) is 42.3 Å². The van der Waals surface area contributed by atoms with E-state index in [1.807, 2.05) is 43.3 Å². The Hall–Kier alpha value is -2.87. The highest BCUT2D eigenvalue weighted by molar-refractivity contribution is 5.58. The molecule has 0 aliphatic carbocycles. The fourth-order valence-corrected chi connectivity index (χ4v) is 3.65. The number of rotatable bonds is 5.